The summed E-state index contributed by atoms with van der Waals surface area (Å²) in [6, 6.07) is 2.68. The monoisotopic (exact) mass is 286 g/mol. The Bertz CT molecular complexity index is 612. The SMILES string of the molecule is CCCCc1oc(N)nc1-c1ccc(P(=O)(O)O)o1. The molecule has 0 fully saturated rings. The first-order valence-electron chi connectivity index (χ1n) is 5.83. The molecule has 0 saturated heterocycles. The smallest absolute Gasteiger partial charge is 0.391 e. The lowest BCUT2D eigenvalue weighted by molar-refractivity contribution is 0.377. The highest BCUT2D eigenvalue weighted by Gasteiger charge is 2.24. The van der Waals surface area contributed by atoms with E-state index in [-0.39, 0.29) is 11.8 Å². The maximum absolute atomic E-state index is 11.1. The molecule has 0 aliphatic carbocycles. The molecule has 0 unspecified atom stereocenters. The second kappa shape index (κ2) is 5.21. The number of hydrogen-bond donors (Lipinski definition) is 3. The maximum atomic E-state index is 11.1. The highest BCUT2D eigenvalue weighted by Crippen LogP contribution is 2.36. The Labute approximate surface area is 109 Å². The van der Waals surface area contributed by atoms with Gasteiger partial charge in [0.2, 0.25) is 5.50 Å². The number of nitrogens with zero attached hydrogens (tertiary/aromatic N) is 1. The molecule has 2 heterocycles. The number of hydrogen-bond acceptors (Lipinski definition) is 5. The van der Waals surface area contributed by atoms with Crippen molar-refractivity contribution in [2.75, 3.05) is 5.73 Å². The minimum Gasteiger partial charge on any atom is -0.446 e. The van der Waals surface area contributed by atoms with Crippen molar-refractivity contribution in [1.82, 2.24) is 4.98 Å². The average Bonchev–Trinajstić information content (AvgIpc) is 2.91. The van der Waals surface area contributed by atoms with Crippen LogP contribution in [0.5, 0.6) is 0 Å². The molecule has 8 heteroatoms. The summed E-state index contributed by atoms with van der Waals surface area (Å²) in [5.41, 5.74) is 5.50. The molecule has 0 aromatic carbocycles. The van der Waals surface area contributed by atoms with E-state index in [2.05, 4.69) is 4.98 Å². The van der Waals surface area contributed by atoms with Crippen molar-refractivity contribution < 1.29 is 23.2 Å². The molecule has 0 aliphatic rings. The van der Waals surface area contributed by atoms with Crippen LogP contribution in [-0.2, 0) is 11.0 Å². The van der Waals surface area contributed by atoms with Gasteiger partial charge >= 0.3 is 7.60 Å². The molecule has 19 heavy (non-hydrogen) atoms. The van der Waals surface area contributed by atoms with Gasteiger partial charge in [-0.25, -0.2) is 0 Å². The van der Waals surface area contributed by atoms with Crippen LogP contribution in [0.3, 0.4) is 0 Å². The molecule has 0 saturated carbocycles. The van der Waals surface area contributed by atoms with E-state index >= 15 is 0 Å². The van der Waals surface area contributed by atoms with Gasteiger partial charge in [0.15, 0.2) is 5.76 Å². The van der Waals surface area contributed by atoms with Crippen LogP contribution in [0.2, 0.25) is 0 Å². The first-order chi connectivity index (χ1) is 8.91. The van der Waals surface area contributed by atoms with Crippen LogP contribution in [0.4, 0.5) is 6.01 Å². The zero-order chi connectivity index (χ0) is 14.0. The van der Waals surface area contributed by atoms with Gasteiger partial charge in [-0.2, -0.15) is 4.98 Å². The van der Waals surface area contributed by atoms with E-state index in [1.165, 1.54) is 12.1 Å². The highest BCUT2D eigenvalue weighted by molar-refractivity contribution is 7.59. The summed E-state index contributed by atoms with van der Waals surface area (Å²) in [6.45, 7) is 2.04. The van der Waals surface area contributed by atoms with Gasteiger partial charge in [-0.05, 0) is 18.6 Å². The lowest BCUT2D eigenvalue weighted by atomic mass is 10.1. The standard InChI is InChI=1S/C11H15N2O5P/c1-2-3-4-7-10(13-11(12)18-7)8-5-6-9(17-8)19(14,15)16/h5-6H,2-4H2,1H3,(H2,12,13)(H2,14,15,16). The van der Waals surface area contributed by atoms with Gasteiger partial charge in [0.1, 0.15) is 11.5 Å². The van der Waals surface area contributed by atoms with E-state index in [9.17, 15) is 4.57 Å². The summed E-state index contributed by atoms with van der Waals surface area (Å²) in [5, 5.41) is 0. The summed E-state index contributed by atoms with van der Waals surface area (Å²) in [5.74, 6) is 0.802. The Balaban J connectivity index is 2.36. The fourth-order valence-electron chi connectivity index (χ4n) is 1.68. The number of unbranched alkanes of at least 4 members (excludes halogenated alkanes) is 1. The van der Waals surface area contributed by atoms with Gasteiger partial charge in [-0.3, -0.25) is 4.57 Å². The molecule has 0 radical (unpaired) electrons. The number of anilines is 1. The largest absolute Gasteiger partial charge is 0.446 e. The molecule has 0 amide bonds. The molecule has 7 nitrogen and oxygen atoms in total. The van der Waals surface area contributed by atoms with Crippen LogP contribution >= 0.6 is 7.60 Å². The van der Waals surface area contributed by atoms with E-state index < -0.39 is 13.1 Å². The number of oxazole rings is 1. The molecule has 0 bridgehead atoms. The predicted octanol–water partition coefficient (Wildman–Crippen LogP) is 1.66. The first kappa shape index (κ1) is 13.9. The Hall–Kier alpha value is -1.56. The second-order valence-corrected chi connectivity index (χ2v) is 5.64. The topological polar surface area (TPSA) is 123 Å². The average molecular weight is 286 g/mol. The number of furan rings is 1. The van der Waals surface area contributed by atoms with Crippen LogP contribution in [0.1, 0.15) is 25.5 Å². The van der Waals surface area contributed by atoms with Gasteiger partial charge in [-0.15, -0.1) is 0 Å². The molecule has 2 aromatic rings. The Morgan fingerprint density at radius 2 is 2.11 bits per heavy atom. The van der Waals surface area contributed by atoms with Crippen molar-refractivity contribution >= 4 is 19.1 Å². The Morgan fingerprint density at radius 1 is 1.37 bits per heavy atom. The first-order valence-corrected chi connectivity index (χ1v) is 7.44. The number of nitrogens with two attached hydrogens (primary N) is 1. The molecule has 0 aliphatic heterocycles. The van der Waals surface area contributed by atoms with Crippen molar-refractivity contribution in [3.63, 3.8) is 0 Å². The lowest BCUT2D eigenvalue weighted by Crippen LogP contribution is -1.98. The van der Waals surface area contributed by atoms with Crippen LogP contribution < -0.4 is 11.2 Å². The maximum Gasteiger partial charge on any atom is 0.391 e. The summed E-state index contributed by atoms with van der Waals surface area (Å²) in [7, 11) is -4.40. The van der Waals surface area contributed by atoms with Crippen LogP contribution in [0.25, 0.3) is 11.5 Å². The third kappa shape index (κ3) is 3.07. The zero-order valence-corrected chi connectivity index (χ0v) is 11.3. The van der Waals surface area contributed by atoms with Crippen molar-refractivity contribution in [3.05, 3.63) is 17.9 Å². The van der Waals surface area contributed by atoms with Crippen molar-refractivity contribution in [2.45, 2.75) is 26.2 Å². The van der Waals surface area contributed by atoms with E-state index in [0.29, 0.717) is 17.9 Å². The molecular formula is C11H15N2O5P. The Kier molecular flexibility index (Phi) is 3.80. The minimum atomic E-state index is -4.40. The predicted molar refractivity (Wildman–Crippen MR) is 68.9 cm³/mol. The summed E-state index contributed by atoms with van der Waals surface area (Å²) >= 11 is 0. The van der Waals surface area contributed by atoms with E-state index in [1.807, 2.05) is 6.92 Å². The third-order valence-corrected chi connectivity index (χ3v) is 3.40. The van der Waals surface area contributed by atoms with Gasteiger partial charge in [0.05, 0.1) is 0 Å². The van der Waals surface area contributed by atoms with E-state index in [4.69, 9.17) is 24.4 Å². The van der Waals surface area contributed by atoms with Gasteiger partial charge in [0.25, 0.3) is 6.01 Å². The molecular weight excluding hydrogens is 271 g/mol. The van der Waals surface area contributed by atoms with E-state index in [0.717, 1.165) is 12.8 Å². The van der Waals surface area contributed by atoms with Gasteiger partial charge in [0, 0.05) is 6.42 Å². The number of nitrogen functional groups attached to an aromatic ring is 1. The third-order valence-electron chi connectivity index (χ3n) is 2.58. The van der Waals surface area contributed by atoms with Crippen molar-refractivity contribution in [1.29, 1.82) is 0 Å². The molecule has 0 spiro atoms. The quantitative estimate of drug-likeness (QED) is 0.714. The minimum absolute atomic E-state index is 0.00947. The highest BCUT2D eigenvalue weighted by atomic mass is 31.2. The van der Waals surface area contributed by atoms with Crippen LogP contribution in [0.15, 0.2) is 21.0 Å². The number of aryl methyl sites for hydroxylation is 1. The molecule has 0 atom stereocenters. The molecule has 4 N–H and O–H groups in total. The number of aromatic nitrogens is 1. The van der Waals surface area contributed by atoms with Gasteiger partial charge in [-0.1, -0.05) is 13.3 Å². The van der Waals surface area contributed by atoms with Crippen LogP contribution in [-0.4, -0.2) is 14.8 Å². The van der Waals surface area contributed by atoms with Crippen molar-refractivity contribution in [3.8, 4) is 11.5 Å². The fraction of sp³-hybridized carbons (Fsp3) is 0.364. The summed E-state index contributed by atoms with van der Waals surface area (Å²) < 4.78 is 21.5. The normalized spacial score (nSPS) is 11.9. The molecule has 2 rings (SSSR count). The number of rotatable bonds is 5. The van der Waals surface area contributed by atoms with E-state index in [1.54, 1.807) is 0 Å². The fourth-order valence-corrected chi connectivity index (χ4v) is 2.17. The molecule has 104 valence electrons. The zero-order valence-electron chi connectivity index (χ0n) is 10.4. The molecule has 2 aromatic heterocycles. The summed E-state index contributed by atoms with van der Waals surface area (Å²) in [4.78, 5) is 22.0. The van der Waals surface area contributed by atoms with Crippen molar-refractivity contribution in [2.24, 2.45) is 0 Å². The summed E-state index contributed by atoms with van der Waals surface area (Å²) in [6.07, 6.45) is 2.52. The lowest BCUT2D eigenvalue weighted by Gasteiger charge is -1.99. The Morgan fingerprint density at radius 3 is 2.68 bits per heavy atom. The van der Waals surface area contributed by atoms with Crippen LogP contribution in [0, 0.1) is 0 Å². The van der Waals surface area contributed by atoms with Gasteiger partial charge < -0.3 is 24.4 Å². The second-order valence-electron chi connectivity index (χ2n) is 4.11.